The smallest absolute Gasteiger partial charge is 0.423 e. The summed E-state index contributed by atoms with van der Waals surface area (Å²) in [6.45, 7) is 3.78. The molecule has 5 nitrogen and oxygen atoms in total. The van der Waals surface area contributed by atoms with E-state index in [1.54, 1.807) is 24.3 Å². The van der Waals surface area contributed by atoms with Gasteiger partial charge in [0.05, 0.1) is 26.7 Å². The number of aromatic nitrogens is 1. The molecule has 3 aromatic carbocycles. The summed E-state index contributed by atoms with van der Waals surface area (Å²) < 4.78 is 7.52. The Balaban J connectivity index is 1.43. The molecule has 160 valence electrons. The van der Waals surface area contributed by atoms with Crippen LogP contribution in [0.4, 0.5) is 5.69 Å². The van der Waals surface area contributed by atoms with E-state index in [2.05, 4.69) is 5.32 Å². The number of hydrogen-bond donors (Lipinski definition) is 2. The molecule has 0 saturated heterocycles. The van der Waals surface area contributed by atoms with Gasteiger partial charge in [-0.2, -0.15) is 0 Å². The number of fused-ring (bicyclic) bond motifs is 2. The van der Waals surface area contributed by atoms with Crippen LogP contribution in [-0.4, -0.2) is 22.6 Å². The molecule has 1 amide bonds. The molecular formula is C24H19BCl2N2O3. The summed E-state index contributed by atoms with van der Waals surface area (Å²) in [4.78, 5) is 12.9. The van der Waals surface area contributed by atoms with Gasteiger partial charge in [-0.1, -0.05) is 47.5 Å². The Morgan fingerprint density at radius 1 is 1.06 bits per heavy atom. The van der Waals surface area contributed by atoms with Crippen LogP contribution in [0.3, 0.4) is 0 Å². The highest BCUT2D eigenvalue weighted by molar-refractivity contribution is 6.62. The van der Waals surface area contributed by atoms with Crippen LogP contribution in [-0.2, 0) is 10.3 Å². The number of amides is 1. The molecule has 0 bridgehead atoms. The topological polar surface area (TPSA) is 63.5 Å². The van der Waals surface area contributed by atoms with Gasteiger partial charge >= 0.3 is 7.12 Å². The number of nitrogens with one attached hydrogen (secondary N) is 1. The molecule has 0 fully saturated rings. The molecule has 4 aromatic rings. The van der Waals surface area contributed by atoms with Gasteiger partial charge in [-0.15, -0.1) is 0 Å². The van der Waals surface area contributed by atoms with E-state index in [-0.39, 0.29) is 5.91 Å². The van der Waals surface area contributed by atoms with Crippen molar-refractivity contribution >= 4 is 58.3 Å². The second-order valence-electron chi connectivity index (χ2n) is 8.27. The fourth-order valence-electron chi connectivity index (χ4n) is 4.19. The summed E-state index contributed by atoms with van der Waals surface area (Å²) in [5.74, 6) is -0.343. The van der Waals surface area contributed by atoms with Gasteiger partial charge in [0, 0.05) is 23.0 Å². The molecule has 0 atom stereocenters. The first-order chi connectivity index (χ1) is 15.2. The fourth-order valence-corrected chi connectivity index (χ4v) is 4.71. The van der Waals surface area contributed by atoms with Crippen LogP contribution in [0.25, 0.3) is 16.6 Å². The van der Waals surface area contributed by atoms with E-state index in [9.17, 15) is 9.82 Å². The van der Waals surface area contributed by atoms with E-state index < -0.39 is 12.7 Å². The molecule has 8 heteroatoms. The molecule has 0 aliphatic carbocycles. The lowest BCUT2D eigenvalue weighted by molar-refractivity contribution is 0.101. The summed E-state index contributed by atoms with van der Waals surface area (Å²) >= 11 is 12.8. The zero-order valence-corrected chi connectivity index (χ0v) is 18.9. The molecule has 0 spiro atoms. The van der Waals surface area contributed by atoms with Crippen LogP contribution >= 0.6 is 23.2 Å². The first-order valence-corrected chi connectivity index (χ1v) is 10.9. The van der Waals surface area contributed by atoms with Crippen molar-refractivity contribution in [2.75, 3.05) is 5.32 Å². The Hall–Kier alpha value is -2.77. The molecule has 1 aliphatic rings. The van der Waals surface area contributed by atoms with Crippen molar-refractivity contribution in [2.24, 2.45) is 0 Å². The highest BCUT2D eigenvalue weighted by atomic mass is 35.5. The quantitative estimate of drug-likeness (QED) is 0.412. The molecule has 2 heterocycles. The number of para-hydroxylation sites is 1. The molecule has 0 saturated carbocycles. The molecule has 1 aliphatic heterocycles. The minimum Gasteiger partial charge on any atom is -0.423 e. The van der Waals surface area contributed by atoms with Gasteiger partial charge in [-0.25, -0.2) is 0 Å². The average molecular weight is 465 g/mol. The Morgan fingerprint density at radius 2 is 1.84 bits per heavy atom. The van der Waals surface area contributed by atoms with Crippen molar-refractivity contribution < 1.29 is 14.5 Å². The number of carbonyl (C=O) groups excluding carboxylic acids is 1. The van der Waals surface area contributed by atoms with Crippen LogP contribution in [0.2, 0.25) is 10.0 Å². The number of carbonyl (C=O) groups is 1. The van der Waals surface area contributed by atoms with E-state index in [0.29, 0.717) is 26.8 Å². The van der Waals surface area contributed by atoms with E-state index in [1.165, 1.54) is 0 Å². The molecular weight excluding hydrogens is 446 g/mol. The monoisotopic (exact) mass is 464 g/mol. The van der Waals surface area contributed by atoms with Crippen LogP contribution in [0.1, 0.15) is 29.8 Å². The van der Waals surface area contributed by atoms with Crippen LogP contribution in [0, 0.1) is 0 Å². The molecule has 1 aromatic heterocycles. The Morgan fingerprint density at radius 3 is 2.62 bits per heavy atom. The third kappa shape index (κ3) is 3.50. The molecule has 32 heavy (non-hydrogen) atoms. The Labute approximate surface area is 195 Å². The number of nitrogens with zero attached hydrogens (tertiary/aromatic N) is 1. The van der Waals surface area contributed by atoms with E-state index >= 15 is 0 Å². The maximum absolute atomic E-state index is 12.9. The predicted molar refractivity (Wildman–Crippen MR) is 129 cm³/mol. The normalized spacial score (nSPS) is 14.6. The first kappa shape index (κ1) is 21.1. The van der Waals surface area contributed by atoms with Crippen molar-refractivity contribution in [1.82, 2.24) is 4.57 Å². The van der Waals surface area contributed by atoms with Gasteiger partial charge < -0.3 is 19.6 Å². The molecule has 0 unspecified atom stereocenters. The second-order valence-corrected chi connectivity index (χ2v) is 9.08. The number of benzene rings is 3. The summed E-state index contributed by atoms with van der Waals surface area (Å²) in [7, 11) is -1.03. The minimum absolute atomic E-state index is 0.319. The summed E-state index contributed by atoms with van der Waals surface area (Å²) in [5, 5.41) is 14.9. The van der Waals surface area contributed by atoms with Crippen molar-refractivity contribution in [2.45, 2.75) is 19.4 Å². The Kier molecular flexibility index (Phi) is 5.06. The molecule has 0 radical (unpaired) electrons. The van der Waals surface area contributed by atoms with Crippen molar-refractivity contribution in [3.05, 3.63) is 88.0 Å². The zero-order valence-electron chi connectivity index (χ0n) is 17.4. The van der Waals surface area contributed by atoms with Crippen LogP contribution in [0.15, 0.2) is 66.9 Å². The van der Waals surface area contributed by atoms with Gasteiger partial charge in [-0.3, -0.25) is 4.79 Å². The third-order valence-electron chi connectivity index (χ3n) is 5.77. The molecule has 5 rings (SSSR count). The predicted octanol–water partition coefficient (Wildman–Crippen LogP) is 5.14. The number of hydrogen-bond acceptors (Lipinski definition) is 3. The van der Waals surface area contributed by atoms with Crippen molar-refractivity contribution in [3.63, 3.8) is 0 Å². The van der Waals surface area contributed by atoms with Gasteiger partial charge in [0.15, 0.2) is 0 Å². The van der Waals surface area contributed by atoms with Gasteiger partial charge in [-0.05, 0) is 61.3 Å². The maximum Gasteiger partial charge on any atom is 0.492 e. The van der Waals surface area contributed by atoms with Gasteiger partial charge in [0.2, 0.25) is 0 Å². The maximum atomic E-state index is 12.9. The third-order valence-corrected chi connectivity index (χ3v) is 6.38. The standard InChI is InChI=1S/C24H19BCl2N2O3/c1-24(2)18-10-7-14(11-19(18)25(31)32-24)28-23(30)17-9-8-15(12-20(17)26)29-13-21(27)16-5-3-4-6-22(16)29/h3-13,31H,1-2H3,(H,28,30). The molecule has 2 N–H and O–H groups in total. The zero-order chi connectivity index (χ0) is 22.6. The number of rotatable bonds is 3. The van der Waals surface area contributed by atoms with E-state index in [4.69, 9.17) is 27.9 Å². The van der Waals surface area contributed by atoms with Crippen LogP contribution < -0.4 is 10.8 Å². The SMILES string of the molecule is CC1(C)OB(O)c2cc(NC(=O)c3ccc(-n4cc(Cl)c5ccccc54)cc3Cl)ccc21. The second kappa shape index (κ2) is 7.68. The number of halogens is 2. The van der Waals surface area contributed by atoms with Crippen molar-refractivity contribution in [1.29, 1.82) is 0 Å². The Bertz CT molecular complexity index is 1380. The van der Waals surface area contributed by atoms with Gasteiger partial charge in [0.25, 0.3) is 5.91 Å². The lowest BCUT2D eigenvalue weighted by Crippen LogP contribution is -2.29. The van der Waals surface area contributed by atoms with Crippen LogP contribution in [0.5, 0.6) is 0 Å². The summed E-state index contributed by atoms with van der Waals surface area (Å²) in [5.41, 5.74) is 3.60. The van der Waals surface area contributed by atoms with E-state index in [1.807, 2.05) is 61.0 Å². The van der Waals surface area contributed by atoms with E-state index in [0.717, 1.165) is 22.2 Å². The largest absolute Gasteiger partial charge is 0.492 e. The highest BCUT2D eigenvalue weighted by Gasteiger charge is 2.40. The van der Waals surface area contributed by atoms with Gasteiger partial charge in [0.1, 0.15) is 0 Å². The average Bonchev–Trinajstić information content (AvgIpc) is 3.21. The summed E-state index contributed by atoms with van der Waals surface area (Å²) in [6.07, 6.45) is 1.83. The highest BCUT2D eigenvalue weighted by Crippen LogP contribution is 2.32. The lowest BCUT2D eigenvalue weighted by atomic mass is 9.78. The number of anilines is 1. The summed E-state index contributed by atoms with van der Waals surface area (Å²) in [6, 6.07) is 18.4. The van der Waals surface area contributed by atoms with Crippen molar-refractivity contribution in [3.8, 4) is 5.69 Å². The minimum atomic E-state index is -1.03. The lowest BCUT2D eigenvalue weighted by Gasteiger charge is -2.19. The first-order valence-electron chi connectivity index (χ1n) is 10.1. The fraction of sp³-hybridized carbons (Fsp3) is 0.125.